The first kappa shape index (κ1) is 14.8. The van der Waals surface area contributed by atoms with Crippen molar-refractivity contribution in [1.82, 2.24) is 9.80 Å². The van der Waals surface area contributed by atoms with Crippen LogP contribution in [0.1, 0.15) is 57.8 Å². The Labute approximate surface area is 126 Å². The van der Waals surface area contributed by atoms with Gasteiger partial charge in [-0.25, -0.2) is 0 Å². The van der Waals surface area contributed by atoms with Gasteiger partial charge in [-0.1, -0.05) is 19.3 Å². The van der Waals surface area contributed by atoms with Gasteiger partial charge >= 0.3 is 0 Å². The van der Waals surface area contributed by atoms with Crippen molar-refractivity contribution in [3.05, 3.63) is 0 Å². The highest BCUT2D eigenvalue weighted by Gasteiger charge is 2.40. The summed E-state index contributed by atoms with van der Waals surface area (Å²) in [6.07, 6.45) is 8.51. The number of rotatable bonds is 2. The summed E-state index contributed by atoms with van der Waals surface area (Å²) >= 11 is 0. The highest BCUT2D eigenvalue weighted by Crippen LogP contribution is 2.29. The Bertz CT molecular complexity index is 410. The Morgan fingerprint density at radius 1 is 1.05 bits per heavy atom. The number of amides is 2. The molecule has 0 aromatic rings. The van der Waals surface area contributed by atoms with Gasteiger partial charge in [0.1, 0.15) is 0 Å². The van der Waals surface area contributed by atoms with E-state index in [9.17, 15) is 9.59 Å². The number of piperidine rings is 1. The van der Waals surface area contributed by atoms with Gasteiger partial charge in [-0.3, -0.25) is 9.59 Å². The molecular formula is C16H27N3O2. The number of likely N-dealkylation sites (tertiary alicyclic amines) is 2. The molecule has 1 aliphatic carbocycles. The van der Waals surface area contributed by atoms with Gasteiger partial charge in [0.25, 0.3) is 0 Å². The van der Waals surface area contributed by atoms with Gasteiger partial charge in [0, 0.05) is 32.1 Å². The van der Waals surface area contributed by atoms with Crippen LogP contribution in [-0.2, 0) is 9.59 Å². The lowest BCUT2D eigenvalue weighted by Gasteiger charge is -2.41. The average molecular weight is 293 g/mol. The van der Waals surface area contributed by atoms with Crippen molar-refractivity contribution >= 4 is 11.8 Å². The molecule has 21 heavy (non-hydrogen) atoms. The van der Waals surface area contributed by atoms with Crippen LogP contribution in [0.4, 0.5) is 0 Å². The van der Waals surface area contributed by atoms with Crippen molar-refractivity contribution in [3.8, 4) is 0 Å². The number of nitrogens with two attached hydrogens (primary N) is 1. The molecule has 3 rings (SSSR count). The van der Waals surface area contributed by atoms with Crippen molar-refractivity contribution in [2.24, 2.45) is 5.73 Å². The molecule has 2 aliphatic heterocycles. The number of nitrogens with zero attached hydrogens (tertiary/aromatic N) is 2. The van der Waals surface area contributed by atoms with Gasteiger partial charge in [0.05, 0.1) is 5.54 Å². The molecule has 3 aliphatic rings. The first-order chi connectivity index (χ1) is 10.1. The van der Waals surface area contributed by atoms with Crippen LogP contribution < -0.4 is 5.73 Å². The summed E-state index contributed by atoms with van der Waals surface area (Å²) in [5.74, 6) is 0.441. The quantitative estimate of drug-likeness (QED) is 0.833. The van der Waals surface area contributed by atoms with E-state index in [1.807, 2.05) is 9.80 Å². The molecule has 2 saturated heterocycles. The molecular weight excluding hydrogens is 266 g/mol. The van der Waals surface area contributed by atoms with Crippen LogP contribution in [0, 0.1) is 0 Å². The largest absolute Gasteiger partial charge is 0.341 e. The summed E-state index contributed by atoms with van der Waals surface area (Å²) in [6, 6.07) is 0.337. The molecule has 118 valence electrons. The molecule has 0 bridgehead atoms. The third-order valence-corrected chi connectivity index (χ3v) is 5.47. The molecule has 2 N–H and O–H groups in total. The number of hydrogen-bond acceptors (Lipinski definition) is 3. The van der Waals surface area contributed by atoms with Gasteiger partial charge in [0.2, 0.25) is 11.8 Å². The van der Waals surface area contributed by atoms with E-state index in [2.05, 4.69) is 0 Å². The predicted molar refractivity (Wildman–Crippen MR) is 80.6 cm³/mol. The summed E-state index contributed by atoms with van der Waals surface area (Å²) in [4.78, 5) is 28.5. The maximum Gasteiger partial charge on any atom is 0.242 e. The Kier molecular flexibility index (Phi) is 4.20. The molecule has 0 spiro atoms. The zero-order chi connectivity index (χ0) is 14.9. The van der Waals surface area contributed by atoms with Crippen LogP contribution in [0.3, 0.4) is 0 Å². The minimum Gasteiger partial charge on any atom is -0.341 e. The number of hydrogen-bond donors (Lipinski definition) is 1. The topological polar surface area (TPSA) is 66.6 Å². The second kappa shape index (κ2) is 5.95. The summed E-state index contributed by atoms with van der Waals surface area (Å²) in [7, 11) is 0. The van der Waals surface area contributed by atoms with Crippen LogP contribution >= 0.6 is 0 Å². The molecule has 3 fully saturated rings. The summed E-state index contributed by atoms with van der Waals surface area (Å²) in [5.41, 5.74) is 5.74. The molecule has 5 heteroatoms. The second-order valence-electron chi connectivity index (χ2n) is 6.93. The highest BCUT2D eigenvalue weighted by molar-refractivity contribution is 5.86. The third kappa shape index (κ3) is 2.93. The zero-order valence-corrected chi connectivity index (χ0v) is 12.9. The minimum atomic E-state index is -0.617. The first-order valence-corrected chi connectivity index (χ1v) is 8.48. The molecule has 0 aromatic heterocycles. The van der Waals surface area contributed by atoms with Crippen molar-refractivity contribution < 1.29 is 9.59 Å². The van der Waals surface area contributed by atoms with E-state index in [1.54, 1.807) is 0 Å². The SMILES string of the molecule is NC1(C(=O)N2CCC(N3CCCC3=O)CC2)CCCCC1. The normalized spacial score (nSPS) is 27.2. The van der Waals surface area contributed by atoms with Crippen molar-refractivity contribution in [2.45, 2.75) is 69.4 Å². The molecule has 1 saturated carbocycles. The molecule has 0 radical (unpaired) electrons. The monoisotopic (exact) mass is 293 g/mol. The van der Waals surface area contributed by atoms with Crippen LogP contribution in [-0.4, -0.2) is 52.8 Å². The lowest BCUT2D eigenvalue weighted by molar-refractivity contribution is -0.140. The van der Waals surface area contributed by atoms with E-state index in [0.29, 0.717) is 18.4 Å². The van der Waals surface area contributed by atoms with E-state index >= 15 is 0 Å². The fourth-order valence-corrected chi connectivity index (χ4v) is 4.15. The Morgan fingerprint density at radius 2 is 1.71 bits per heavy atom. The fourth-order valence-electron chi connectivity index (χ4n) is 4.15. The maximum absolute atomic E-state index is 12.7. The van der Waals surface area contributed by atoms with Crippen LogP contribution in [0.2, 0.25) is 0 Å². The zero-order valence-electron chi connectivity index (χ0n) is 12.9. The number of carbonyl (C=O) groups is 2. The summed E-state index contributed by atoms with van der Waals surface area (Å²) in [5, 5.41) is 0. The van der Waals surface area contributed by atoms with E-state index < -0.39 is 5.54 Å². The summed E-state index contributed by atoms with van der Waals surface area (Å²) < 4.78 is 0. The van der Waals surface area contributed by atoms with Crippen LogP contribution in [0.5, 0.6) is 0 Å². The molecule has 2 amide bonds. The Hall–Kier alpha value is -1.10. The van der Waals surface area contributed by atoms with Crippen LogP contribution in [0.25, 0.3) is 0 Å². The first-order valence-electron chi connectivity index (χ1n) is 8.48. The van der Waals surface area contributed by atoms with Gasteiger partial charge in [-0.15, -0.1) is 0 Å². The Balaban J connectivity index is 1.55. The van der Waals surface area contributed by atoms with Crippen molar-refractivity contribution in [3.63, 3.8) is 0 Å². The molecule has 0 unspecified atom stereocenters. The van der Waals surface area contributed by atoms with Crippen molar-refractivity contribution in [2.75, 3.05) is 19.6 Å². The smallest absolute Gasteiger partial charge is 0.242 e. The lowest BCUT2D eigenvalue weighted by atomic mass is 9.81. The Morgan fingerprint density at radius 3 is 2.29 bits per heavy atom. The minimum absolute atomic E-state index is 0.147. The molecule has 0 aromatic carbocycles. The van der Waals surface area contributed by atoms with Gasteiger partial charge in [-0.05, 0) is 32.1 Å². The van der Waals surface area contributed by atoms with Gasteiger partial charge in [-0.2, -0.15) is 0 Å². The average Bonchev–Trinajstić information content (AvgIpc) is 2.93. The molecule has 0 atom stereocenters. The standard InChI is InChI=1S/C16H27N3O2/c17-16(8-2-1-3-9-16)15(21)18-11-6-13(7-12-18)19-10-4-5-14(19)20/h13H,1-12,17H2. The predicted octanol–water partition coefficient (Wildman–Crippen LogP) is 1.26. The van der Waals surface area contributed by atoms with E-state index in [-0.39, 0.29) is 5.91 Å². The van der Waals surface area contributed by atoms with Crippen molar-refractivity contribution in [1.29, 1.82) is 0 Å². The summed E-state index contributed by atoms with van der Waals surface area (Å²) in [6.45, 7) is 2.41. The lowest BCUT2D eigenvalue weighted by Crippen LogP contribution is -2.58. The van der Waals surface area contributed by atoms with Crippen LogP contribution in [0.15, 0.2) is 0 Å². The number of carbonyl (C=O) groups excluding carboxylic acids is 2. The molecule has 2 heterocycles. The van der Waals surface area contributed by atoms with Gasteiger partial charge in [0.15, 0.2) is 0 Å². The van der Waals surface area contributed by atoms with Gasteiger partial charge < -0.3 is 15.5 Å². The third-order valence-electron chi connectivity index (χ3n) is 5.47. The molecule has 5 nitrogen and oxygen atoms in total. The van der Waals surface area contributed by atoms with E-state index in [1.165, 1.54) is 6.42 Å². The maximum atomic E-state index is 12.7. The van der Waals surface area contributed by atoms with E-state index in [0.717, 1.165) is 64.6 Å². The highest BCUT2D eigenvalue weighted by atomic mass is 16.2. The fraction of sp³-hybridized carbons (Fsp3) is 0.875. The van der Waals surface area contributed by atoms with E-state index in [4.69, 9.17) is 5.73 Å². The second-order valence-corrected chi connectivity index (χ2v) is 6.93.